The van der Waals surface area contributed by atoms with E-state index in [2.05, 4.69) is 4.72 Å². The molecule has 0 radical (unpaired) electrons. The van der Waals surface area contributed by atoms with Gasteiger partial charge in [0, 0.05) is 12.1 Å². The van der Waals surface area contributed by atoms with E-state index in [0.717, 1.165) is 11.6 Å². The molecular weight excluding hydrogens is 328 g/mol. The molecule has 0 amide bonds. The van der Waals surface area contributed by atoms with E-state index in [1.165, 1.54) is 18.2 Å². The quantitative estimate of drug-likeness (QED) is 0.679. The first-order chi connectivity index (χ1) is 10.2. The van der Waals surface area contributed by atoms with Crippen molar-refractivity contribution in [3.05, 3.63) is 62.7 Å². The Kier molecular flexibility index (Phi) is 4.39. The summed E-state index contributed by atoms with van der Waals surface area (Å²) < 4.78 is 27.2. The summed E-state index contributed by atoms with van der Waals surface area (Å²) >= 11 is 5.92. The maximum atomic E-state index is 12.5. The van der Waals surface area contributed by atoms with Gasteiger partial charge in [-0.2, -0.15) is 0 Å². The molecule has 0 spiro atoms. The maximum Gasteiger partial charge on any atom is 0.271 e. The topological polar surface area (TPSA) is 89.3 Å². The summed E-state index contributed by atoms with van der Waals surface area (Å²) in [4.78, 5) is 10.3. The van der Waals surface area contributed by atoms with Gasteiger partial charge < -0.3 is 0 Å². The van der Waals surface area contributed by atoms with E-state index in [1.54, 1.807) is 26.0 Å². The van der Waals surface area contributed by atoms with E-state index in [0.29, 0.717) is 5.56 Å². The number of nitrogens with one attached hydrogen (secondary N) is 1. The van der Waals surface area contributed by atoms with Gasteiger partial charge in [0.05, 0.1) is 20.5 Å². The Morgan fingerprint density at radius 1 is 1.14 bits per heavy atom. The Balaban J connectivity index is 2.47. The molecule has 8 heteroatoms. The summed E-state index contributed by atoms with van der Waals surface area (Å²) in [5, 5.41) is 10.9. The number of nitro groups is 1. The molecule has 1 N–H and O–H groups in total. The zero-order valence-electron chi connectivity index (χ0n) is 11.8. The highest BCUT2D eigenvalue weighted by molar-refractivity contribution is 7.92. The number of hydrogen-bond acceptors (Lipinski definition) is 4. The van der Waals surface area contributed by atoms with Gasteiger partial charge in [0.25, 0.3) is 15.7 Å². The molecule has 116 valence electrons. The lowest BCUT2D eigenvalue weighted by molar-refractivity contribution is -0.384. The van der Waals surface area contributed by atoms with Crippen molar-refractivity contribution in [2.45, 2.75) is 18.7 Å². The van der Waals surface area contributed by atoms with E-state index in [1.807, 2.05) is 0 Å². The molecule has 22 heavy (non-hydrogen) atoms. The zero-order valence-corrected chi connectivity index (χ0v) is 13.4. The Morgan fingerprint density at radius 3 is 2.45 bits per heavy atom. The normalized spacial score (nSPS) is 11.2. The van der Waals surface area contributed by atoms with Gasteiger partial charge in [-0.25, -0.2) is 8.42 Å². The van der Waals surface area contributed by atoms with Gasteiger partial charge in [-0.05, 0) is 37.1 Å². The first-order valence-electron chi connectivity index (χ1n) is 6.25. The molecule has 2 aromatic rings. The molecule has 0 saturated carbocycles. The van der Waals surface area contributed by atoms with Crippen molar-refractivity contribution >= 4 is 33.0 Å². The number of sulfonamides is 1. The van der Waals surface area contributed by atoms with Gasteiger partial charge in [-0.3, -0.25) is 14.8 Å². The minimum atomic E-state index is -3.89. The summed E-state index contributed by atoms with van der Waals surface area (Å²) in [5.74, 6) is 0. The third-order valence-electron chi connectivity index (χ3n) is 3.04. The number of nitro benzene ring substituents is 1. The highest BCUT2D eigenvalue weighted by Crippen LogP contribution is 2.29. The molecule has 6 nitrogen and oxygen atoms in total. The van der Waals surface area contributed by atoms with E-state index >= 15 is 0 Å². The van der Waals surface area contributed by atoms with Crippen LogP contribution in [0, 0.1) is 24.0 Å². The smallest absolute Gasteiger partial charge is 0.271 e. The highest BCUT2D eigenvalue weighted by atomic mass is 35.5. The average molecular weight is 341 g/mol. The lowest BCUT2D eigenvalue weighted by Gasteiger charge is -2.12. The van der Waals surface area contributed by atoms with Crippen molar-refractivity contribution in [2.24, 2.45) is 0 Å². The van der Waals surface area contributed by atoms with E-state index in [4.69, 9.17) is 11.6 Å². The van der Waals surface area contributed by atoms with Crippen LogP contribution in [0.1, 0.15) is 11.1 Å². The monoisotopic (exact) mass is 340 g/mol. The Hall–Kier alpha value is -2.12. The van der Waals surface area contributed by atoms with Crippen LogP contribution in [0.5, 0.6) is 0 Å². The second-order valence-corrected chi connectivity index (χ2v) is 6.85. The molecule has 0 saturated heterocycles. The molecule has 2 rings (SSSR count). The first kappa shape index (κ1) is 16.3. The molecule has 0 atom stereocenters. The van der Waals surface area contributed by atoms with Crippen LogP contribution < -0.4 is 4.72 Å². The molecule has 0 unspecified atom stereocenters. The van der Waals surface area contributed by atoms with Gasteiger partial charge in [0.15, 0.2) is 0 Å². The average Bonchev–Trinajstić information content (AvgIpc) is 2.43. The number of benzene rings is 2. The predicted octanol–water partition coefficient (Wildman–Crippen LogP) is 3.67. The number of non-ortho nitro benzene ring substituents is 1. The summed E-state index contributed by atoms with van der Waals surface area (Å²) in [7, 11) is -3.89. The highest BCUT2D eigenvalue weighted by Gasteiger charge is 2.20. The van der Waals surface area contributed by atoms with Crippen molar-refractivity contribution < 1.29 is 13.3 Å². The predicted molar refractivity (Wildman–Crippen MR) is 84.8 cm³/mol. The van der Waals surface area contributed by atoms with Crippen molar-refractivity contribution in [3.8, 4) is 0 Å². The van der Waals surface area contributed by atoms with Gasteiger partial charge in [0.2, 0.25) is 0 Å². The van der Waals surface area contributed by atoms with Crippen LogP contribution in [0.4, 0.5) is 11.4 Å². The summed E-state index contributed by atoms with van der Waals surface area (Å²) in [5.41, 5.74) is 1.08. The second-order valence-electron chi connectivity index (χ2n) is 4.80. The Morgan fingerprint density at radius 2 is 1.82 bits per heavy atom. The van der Waals surface area contributed by atoms with Crippen LogP contribution in [0.15, 0.2) is 41.3 Å². The standard InChI is InChI=1S/C14H13ClN2O4S/c1-9-3-4-10(2)14(7-9)22(20,21)16-13-8-11(17(18)19)5-6-12(13)15/h3-8,16H,1-2H3. The molecule has 0 aliphatic heterocycles. The molecule has 2 aromatic carbocycles. The fourth-order valence-corrected chi connectivity index (χ4v) is 3.52. The van der Waals surface area contributed by atoms with Crippen molar-refractivity contribution in [1.82, 2.24) is 0 Å². The molecule has 0 aromatic heterocycles. The van der Waals surface area contributed by atoms with Crippen LogP contribution in [0.2, 0.25) is 5.02 Å². The summed E-state index contributed by atoms with van der Waals surface area (Å²) in [6.07, 6.45) is 0. The Bertz CT molecular complexity index is 850. The number of rotatable bonds is 4. The van der Waals surface area contributed by atoms with Crippen LogP contribution in [0.25, 0.3) is 0 Å². The van der Waals surface area contributed by atoms with Crippen molar-refractivity contribution in [1.29, 1.82) is 0 Å². The van der Waals surface area contributed by atoms with Crippen LogP contribution >= 0.6 is 11.6 Å². The molecule has 0 heterocycles. The molecule has 0 fully saturated rings. The fourth-order valence-electron chi connectivity index (χ4n) is 1.90. The van der Waals surface area contributed by atoms with Gasteiger partial charge in [-0.1, -0.05) is 23.7 Å². The first-order valence-corrected chi connectivity index (χ1v) is 8.11. The van der Waals surface area contributed by atoms with Gasteiger partial charge >= 0.3 is 0 Å². The lowest BCUT2D eigenvalue weighted by Crippen LogP contribution is -2.15. The largest absolute Gasteiger partial charge is 0.278 e. The maximum absolute atomic E-state index is 12.5. The molecular formula is C14H13ClN2O4S. The third-order valence-corrected chi connectivity index (χ3v) is 4.88. The third kappa shape index (κ3) is 3.37. The van der Waals surface area contributed by atoms with Gasteiger partial charge in [0.1, 0.15) is 0 Å². The van der Waals surface area contributed by atoms with E-state index < -0.39 is 14.9 Å². The fraction of sp³-hybridized carbons (Fsp3) is 0.143. The van der Waals surface area contributed by atoms with Gasteiger partial charge in [-0.15, -0.1) is 0 Å². The van der Waals surface area contributed by atoms with Crippen LogP contribution in [-0.4, -0.2) is 13.3 Å². The summed E-state index contributed by atoms with van der Waals surface area (Å²) in [6, 6.07) is 8.60. The minimum Gasteiger partial charge on any atom is -0.278 e. The second kappa shape index (κ2) is 5.94. The molecule has 0 aliphatic carbocycles. The van der Waals surface area contributed by atoms with Crippen molar-refractivity contribution in [2.75, 3.05) is 4.72 Å². The number of hydrogen-bond donors (Lipinski definition) is 1. The van der Waals surface area contributed by atoms with Crippen LogP contribution in [0.3, 0.4) is 0 Å². The number of halogens is 1. The SMILES string of the molecule is Cc1ccc(C)c(S(=O)(=O)Nc2cc([N+](=O)[O-])ccc2Cl)c1. The molecule has 0 bridgehead atoms. The van der Waals surface area contributed by atoms with Crippen LogP contribution in [-0.2, 0) is 10.0 Å². The van der Waals surface area contributed by atoms with E-state index in [-0.39, 0.29) is 21.3 Å². The molecule has 0 aliphatic rings. The number of nitrogens with zero attached hydrogens (tertiary/aromatic N) is 1. The van der Waals surface area contributed by atoms with E-state index in [9.17, 15) is 18.5 Å². The number of aryl methyl sites for hydroxylation is 2. The minimum absolute atomic E-state index is 0.0308. The van der Waals surface area contributed by atoms with Crippen molar-refractivity contribution in [3.63, 3.8) is 0 Å². The summed E-state index contributed by atoms with van der Waals surface area (Å²) in [6.45, 7) is 3.45. The zero-order chi connectivity index (χ0) is 16.5. The Labute approximate surface area is 132 Å². The number of anilines is 1. The lowest BCUT2D eigenvalue weighted by atomic mass is 10.2.